The number of carbonyl (C=O) groups is 1. The summed E-state index contributed by atoms with van der Waals surface area (Å²) in [5, 5.41) is 6.64. The molecule has 0 bridgehead atoms. The number of benzene rings is 1. The lowest BCUT2D eigenvalue weighted by Gasteiger charge is -2.36. The number of rotatable bonds is 9. The van der Waals surface area contributed by atoms with Crippen molar-refractivity contribution in [3.63, 3.8) is 0 Å². The van der Waals surface area contributed by atoms with Crippen molar-refractivity contribution in [2.45, 2.75) is 38.4 Å². The Morgan fingerprint density at radius 1 is 1.14 bits per heavy atom. The van der Waals surface area contributed by atoms with E-state index in [2.05, 4.69) is 15.6 Å². The van der Waals surface area contributed by atoms with E-state index in [1.807, 2.05) is 24.0 Å². The van der Waals surface area contributed by atoms with Crippen LogP contribution in [0, 0.1) is 0 Å². The van der Waals surface area contributed by atoms with Gasteiger partial charge in [-0.3, -0.25) is 9.69 Å². The van der Waals surface area contributed by atoms with Gasteiger partial charge in [-0.1, -0.05) is 6.92 Å². The quantitative estimate of drug-likeness (QED) is 0.476. The van der Waals surface area contributed by atoms with E-state index in [-0.39, 0.29) is 11.7 Å². The standard InChI is InChI=1S/C25H33F3N6O3/c1-3-19-23(29-17-6-12-37-13-7-17)32-24(20(15-35)31-19)30-18-4-5-21(22(14-18)36-2)34-10-8-33(9-11-34)16-25(26,27)28/h4-5,14-15,17H,3,6-13,16H2,1-2H3,(H2,29,30,32). The highest BCUT2D eigenvalue weighted by atomic mass is 19.4. The first-order valence-electron chi connectivity index (χ1n) is 12.5. The number of nitrogens with zero attached hydrogens (tertiary/aromatic N) is 4. The second-order valence-electron chi connectivity index (χ2n) is 9.15. The predicted octanol–water partition coefficient (Wildman–Crippen LogP) is 3.88. The van der Waals surface area contributed by atoms with E-state index in [1.165, 1.54) is 4.90 Å². The number of aromatic nitrogens is 2. The van der Waals surface area contributed by atoms with Gasteiger partial charge < -0.3 is 25.0 Å². The molecule has 3 heterocycles. The maximum absolute atomic E-state index is 12.7. The van der Waals surface area contributed by atoms with Gasteiger partial charge in [-0.05, 0) is 31.4 Å². The number of aryl methyl sites for hydroxylation is 1. The Labute approximate surface area is 214 Å². The zero-order valence-electron chi connectivity index (χ0n) is 21.1. The zero-order chi connectivity index (χ0) is 26.4. The van der Waals surface area contributed by atoms with E-state index in [9.17, 15) is 18.0 Å². The number of methoxy groups -OCH3 is 1. The monoisotopic (exact) mass is 522 g/mol. The van der Waals surface area contributed by atoms with Crippen molar-refractivity contribution < 1.29 is 27.4 Å². The molecule has 0 spiro atoms. The number of halogens is 3. The van der Waals surface area contributed by atoms with Crippen LogP contribution >= 0.6 is 0 Å². The Morgan fingerprint density at radius 2 is 1.86 bits per heavy atom. The van der Waals surface area contributed by atoms with E-state index in [0.717, 1.165) is 24.2 Å². The molecular weight excluding hydrogens is 489 g/mol. The van der Waals surface area contributed by atoms with E-state index < -0.39 is 12.7 Å². The maximum Gasteiger partial charge on any atom is 0.401 e. The maximum atomic E-state index is 12.7. The molecule has 0 radical (unpaired) electrons. The van der Waals surface area contributed by atoms with Crippen molar-refractivity contribution in [2.75, 3.05) is 68.6 Å². The molecule has 37 heavy (non-hydrogen) atoms. The Hall–Kier alpha value is -3.12. The van der Waals surface area contributed by atoms with Gasteiger partial charge in [0.05, 0.1) is 25.0 Å². The molecule has 2 aromatic rings. The molecule has 1 aromatic carbocycles. The third-order valence-electron chi connectivity index (χ3n) is 6.56. The first kappa shape index (κ1) is 26.9. The lowest BCUT2D eigenvalue weighted by molar-refractivity contribution is -0.146. The summed E-state index contributed by atoms with van der Waals surface area (Å²) < 4.78 is 49.2. The minimum Gasteiger partial charge on any atom is -0.495 e. The minimum atomic E-state index is -4.20. The smallest absolute Gasteiger partial charge is 0.401 e. The van der Waals surface area contributed by atoms with Gasteiger partial charge in [-0.2, -0.15) is 13.2 Å². The van der Waals surface area contributed by atoms with Crippen molar-refractivity contribution in [3.8, 4) is 5.75 Å². The van der Waals surface area contributed by atoms with E-state index in [4.69, 9.17) is 14.5 Å². The van der Waals surface area contributed by atoms with Gasteiger partial charge in [0, 0.05) is 57.2 Å². The first-order chi connectivity index (χ1) is 17.8. The Kier molecular flexibility index (Phi) is 8.70. The van der Waals surface area contributed by atoms with Gasteiger partial charge in [-0.25, -0.2) is 9.97 Å². The second kappa shape index (κ2) is 12.0. The van der Waals surface area contributed by atoms with Crippen LogP contribution in [0.4, 0.5) is 36.2 Å². The summed E-state index contributed by atoms with van der Waals surface area (Å²) in [6.45, 7) is 3.98. The van der Waals surface area contributed by atoms with Crippen LogP contribution in [0.15, 0.2) is 18.2 Å². The van der Waals surface area contributed by atoms with Gasteiger partial charge in [0.25, 0.3) is 0 Å². The summed E-state index contributed by atoms with van der Waals surface area (Å²) in [7, 11) is 1.55. The highest BCUT2D eigenvalue weighted by Crippen LogP contribution is 2.34. The number of anilines is 4. The topological polar surface area (TPSA) is 91.9 Å². The largest absolute Gasteiger partial charge is 0.495 e. The third-order valence-corrected chi connectivity index (χ3v) is 6.56. The van der Waals surface area contributed by atoms with Crippen molar-refractivity contribution in [1.82, 2.24) is 14.9 Å². The summed E-state index contributed by atoms with van der Waals surface area (Å²) in [5.74, 6) is 1.54. The number of aldehydes is 1. The van der Waals surface area contributed by atoms with E-state index >= 15 is 0 Å². The molecule has 0 aliphatic carbocycles. The summed E-state index contributed by atoms with van der Waals surface area (Å²) in [6.07, 6.45) is -1.17. The highest BCUT2D eigenvalue weighted by Gasteiger charge is 2.32. The van der Waals surface area contributed by atoms with Gasteiger partial charge >= 0.3 is 6.18 Å². The van der Waals surface area contributed by atoms with Crippen LogP contribution in [-0.4, -0.2) is 86.4 Å². The summed E-state index contributed by atoms with van der Waals surface area (Å²) in [6, 6.07) is 5.69. The Bertz CT molecular complexity index is 1070. The fourth-order valence-corrected chi connectivity index (χ4v) is 4.61. The number of piperazine rings is 1. The van der Waals surface area contributed by atoms with Crippen LogP contribution < -0.4 is 20.3 Å². The van der Waals surface area contributed by atoms with Gasteiger partial charge in [0.2, 0.25) is 0 Å². The van der Waals surface area contributed by atoms with Crippen LogP contribution in [0.2, 0.25) is 0 Å². The molecule has 2 aliphatic heterocycles. The molecule has 0 saturated carbocycles. The van der Waals surface area contributed by atoms with E-state index in [0.29, 0.717) is 75.2 Å². The lowest BCUT2D eigenvalue weighted by atomic mass is 10.1. The average Bonchev–Trinajstić information content (AvgIpc) is 2.89. The Balaban J connectivity index is 1.51. The average molecular weight is 523 g/mol. The third kappa shape index (κ3) is 7.01. The number of alkyl halides is 3. The van der Waals surface area contributed by atoms with Crippen LogP contribution in [0.25, 0.3) is 0 Å². The molecule has 2 N–H and O–H groups in total. The number of hydrogen-bond donors (Lipinski definition) is 2. The van der Waals surface area contributed by atoms with Crippen LogP contribution in [0.3, 0.4) is 0 Å². The molecule has 12 heteroatoms. The molecule has 0 atom stereocenters. The van der Waals surface area contributed by atoms with Crippen LogP contribution in [-0.2, 0) is 11.2 Å². The number of carbonyl (C=O) groups excluding carboxylic acids is 1. The minimum absolute atomic E-state index is 0.207. The molecular formula is C25H33F3N6O3. The molecule has 9 nitrogen and oxygen atoms in total. The molecule has 2 aliphatic rings. The van der Waals surface area contributed by atoms with Gasteiger partial charge in [-0.15, -0.1) is 0 Å². The SMILES string of the molecule is CCc1nc(C=O)c(Nc2ccc(N3CCN(CC(F)(F)F)CC3)c(OC)c2)nc1NC1CCOCC1. The summed E-state index contributed by atoms with van der Waals surface area (Å²) >= 11 is 0. The molecule has 4 rings (SSSR count). The van der Waals surface area contributed by atoms with Crippen molar-refractivity contribution in [3.05, 3.63) is 29.6 Å². The van der Waals surface area contributed by atoms with Crippen LogP contribution in [0.1, 0.15) is 35.9 Å². The molecule has 1 aromatic heterocycles. The summed E-state index contributed by atoms with van der Waals surface area (Å²) in [5.41, 5.74) is 2.37. The predicted molar refractivity (Wildman–Crippen MR) is 135 cm³/mol. The number of nitrogens with one attached hydrogen (secondary N) is 2. The number of ether oxygens (including phenoxy) is 2. The fraction of sp³-hybridized carbons (Fsp3) is 0.560. The highest BCUT2D eigenvalue weighted by molar-refractivity contribution is 5.83. The van der Waals surface area contributed by atoms with Crippen molar-refractivity contribution in [1.29, 1.82) is 0 Å². The normalized spacial score (nSPS) is 17.5. The fourth-order valence-electron chi connectivity index (χ4n) is 4.61. The van der Waals surface area contributed by atoms with Gasteiger partial charge in [0.1, 0.15) is 17.3 Å². The first-order valence-corrected chi connectivity index (χ1v) is 12.5. The molecule has 0 unspecified atom stereocenters. The second-order valence-corrected chi connectivity index (χ2v) is 9.15. The lowest BCUT2D eigenvalue weighted by Crippen LogP contribution is -2.49. The van der Waals surface area contributed by atoms with Crippen molar-refractivity contribution in [2.24, 2.45) is 0 Å². The van der Waals surface area contributed by atoms with Crippen molar-refractivity contribution >= 4 is 29.3 Å². The molecule has 2 saturated heterocycles. The Morgan fingerprint density at radius 3 is 2.49 bits per heavy atom. The van der Waals surface area contributed by atoms with E-state index in [1.54, 1.807) is 13.2 Å². The molecule has 0 amide bonds. The zero-order valence-corrected chi connectivity index (χ0v) is 21.1. The van der Waals surface area contributed by atoms with Crippen LogP contribution in [0.5, 0.6) is 5.75 Å². The van der Waals surface area contributed by atoms with Gasteiger partial charge in [0.15, 0.2) is 12.1 Å². The molecule has 202 valence electrons. The molecule has 2 fully saturated rings. The summed E-state index contributed by atoms with van der Waals surface area (Å²) in [4.78, 5) is 24.4. The number of hydrogen-bond acceptors (Lipinski definition) is 9.